The lowest BCUT2D eigenvalue weighted by molar-refractivity contribution is 0.866. The first-order chi connectivity index (χ1) is 14.7. The van der Waals surface area contributed by atoms with Crippen LogP contribution in [0.25, 0.3) is 24.0 Å². The van der Waals surface area contributed by atoms with Gasteiger partial charge >= 0.3 is 0 Å². The van der Waals surface area contributed by atoms with E-state index in [-0.39, 0.29) is 0 Å². The number of nitrogens with zero attached hydrogens (tertiary/aromatic N) is 4. The molecule has 2 aromatic heterocycles. The highest BCUT2D eigenvalue weighted by atomic mass is 32.2. The molecule has 4 rings (SSSR count). The van der Waals surface area contributed by atoms with Crippen molar-refractivity contribution in [1.29, 1.82) is 0 Å². The molecule has 0 atom stereocenters. The summed E-state index contributed by atoms with van der Waals surface area (Å²) in [5.41, 5.74) is 4.64. The molecule has 0 aliphatic carbocycles. The molecule has 0 saturated heterocycles. The monoisotopic (exact) mass is 412 g/mol. The Morgan fingerprint density at radius 2 is 1.67 bits per heavy atom. The number of hydrogen-bond donors (Lipinski definition) is 0. The highest BCUT2D eigenvalue weighted by Crippen LogP contribution is 2.18. The van der Waals surface area contributed by atoms with Crippen molar-refractivity contribution in [2.24, 2.45) is 0 Å². The molecular formula is C25H24N4S. The van der Waals surface area contributed by atoms with Gasteiger partial charge in [-0.1, -0.05) is 98.4 Å². The molecule has 4 aromatic rings. The molecule has 4 nitrogen and oxygen atoms in total. The van der Waals surface area contributed by atoms with Crippen LogP contribution in [-0.2, 0) is 0 Å². The standard InChI is InChI=1S/C25H24N4S/c1-19(2)22-13-10-21(11-14-22)12-15-23-16-17-26-24-27-25(28-29(23)24)30-18-6-9-20-7-4-3-5-8-20/h3-17,19H,18H2,1-2H3/b9-6+,15-12?. The van der Waals surface area contributed by atoms with Gasteiger partial charge in [0.05, 0.1) is 5.69 Å². The largest absolute Gasteiger partial charge is 0.253 e. The molecule has 5 heteroatoms. The van der Waals surface area contributed by atoms with Gasteiger partial charge in [-0.15, -0.1) is 5.10 Å². The summed E-state index contributed by atoms with van der Waals surface area (Å²) in [6, 6.07) is 20.9. The number of rotatable bonds is 7. The maximum Gasteiger partial charge on any atom is 0.253 e. The lowest BCUT2D eigenvalue weighted by atomic mass is 10.0. The van der Waals surface area contributed by atoms with Crippen LogP contribution >= 0.6 is 11.8 Å². The first-order valence-electron chi connectivity index (χ1n) is 10.0. The van der Waals surface area contributed by atoms with Crippen molar-refractivity contribution in [2.75, 3.05) is 5.75 Å². The van der Waals surface area contributed by atoms with Crippen LogP contribution in [0.15, 0.2) is 78.1 Å². The Morgan fingerprint density at radius 1 is 0.900 bits per heavy atom. The zero-order valence-corrected chi connectivity index (χ0v) is 18.0. The number of aromatic nitrogens is 4. The van der Waals surface area contributed by atoms with Crippen LogP contribution in [-0.4, -0.2) is 25.3 Å². The van der Waals surface area contributed by atoms with Crippen molar-refractivity contribution < 1.29 is 0 Å². The van der Waals surface area contributed by atoms with Gasteiger partial charge in [0, 0.05) is 11.9 Å². The Balaban J connectivity index is 1.46. The van der Waals surface area contributed by atoms with Crippen molar-refractivity contribution in [3.05, 3.63) is 95.3 Å². The van der Waals surface area contributed by atoms with Gasteiger partial charge in [0.25, 0.3) is 5.78 Å². The van der Waals surface area contributed by atoms with Crippen LogP contribution in [0, 0.1) is 0 Å². The van der Waals surface area contributed by atoms with E-state index in [0.29, 0.717) is 11.7 Å². The molecule has 0 N–H and O–H groups in total. The maximum absolute atomic E-state index is 4.63. The maximum atomic E-state index is 4.63. The summed E-state index contributed by atoms with van der Waals surface area (Å²) in [5, 5.41) is 5.35. The fraction of sp³-hybridized carbons (Fsp3) is 0.160. The van der Waals surface area contributed by atoms with Crippen molar-refractivity contribution in [3.63, 3.8) is 0 Å². The fourth-order valence-electron chi connectivity index (χ4n) is 3.03. The van der Waals surface area contributed by atoms with Crippen LogP contribution in [0.2, 0.25) is 0 Å². The Hall–Kier alpha value is -3.18. The molecule has 0 spiro atoms. The molecule has 0 aliphatic heterocycles. The highest BCUT2D eigenvalue weighted by molar-refractivity contribution is 7.99. The first kappa shape index (κ1) is 20.1. The van der Waals surface area contributed by atoms with Gasteiger partial charge in [-0.25, -0.2) is 4.98 Å². The lowest BCUT2D eigenvalue weighted by Gasteiger charge is -2.04. The SMILES string of the molecule is CC(C)c1ccc(C=Cc2ccnc3nc(SC/C=C/c4ccccc4)nn23)cc1. The molecule has 0 radical (unpaired) electrons. The molecule has 0 saturated carbocycles. The molecule has 0 amide bonds. The predicted molar refractivity (Wildman–Crippen MR) is 126 cm³/mol. The van der Waals surface area contributed by atoms with Gasteiger partial charge in [0.2, 0.25) is 5.16 Å². The Morgan fingerprint density at radius 3 is 2.43 bits per heavy atom. The number of benzene rings is 2. The summed E-state index contributed by atoms with van der Waals surface area (Å²) in [5.74, 6) is 1.96. The third-order valence-corrected chi connectivity index (χ3v) is 5.51. The first-order valence-corrected chi connectivity index (χ1v) is 11.0. The van der Waals surface area contributed by atoms with Crippen LogP contribution < -0.4 is 0 Å². The molecule has 0 unspecified atom stereocenters. The van der Waals surface area contributed by atoms with E-state index in [4.69, 9.17) is 0 Å². The quantitative estimate of drug-likeness (QED) is 0.338. The van der Waals surface area contributed by atoms with E-state index in [1.54, 1.807) is 22.5 Å². The van der Waals surface area contributed by atoms with Gasteiger partial charge in [0.15, 0.2) is 0 Å². The van der Waals surface area contributed by atoms with Crippen LogP contribution in [0.4, 0.5) is 0 Å². The average Bonchev–Trinajstić information content (AvgIpc) is 3.20. The van der Waals surface area contributed by atoms with Crippen molar-refractivity contribution in [2.45, 2.75) is 24.9 Å². The summed E-state index contributed by atoms with van der Waals surface area (Å²) in [7, 11) is 0. The number of fused-ring (bicyclic) bond motifs is 1. The topological polar surface area (TPSA) is 43.1 Å². The Kier molecular flexibility index (Phi) is 6.40. The van der Waals surface area contributed by atoms with Gasteiger partial charge < -0.3 is 0 Å². The minimum atomic E-state index is 0.538. The lowest BCUT2D eigenvalue weighted by Crippen LogP contribution is -1.95. The third-order valence-electron chi connectivity index (χ3n) is 4.72. The molecule has 150 valence electrons. The summed E-state index contributed by atoms with van der Waals surface area (Å²) in [6.07, 6.45) is 10.2. The second-order valence-corrected chi connectivity index (χ2v) is 8.24. The van der Waals surface area contributed by atoms with Gasteiger partial charge in [-0.3, -0.25) is 0 Å². The van der Waals surface area contributed by atoms with E-state index >= 15 is 0 Å². The molecule has 0 bridgehead atoms. The summed E-state index contributed by atoms with van der Waals surface area (Å²) < 4.78 is 1.79. The Bertz CT molecular complexity index is 1160. The zero-order chi connectivity index (χ0) is 20.8. The Labute approximate surface area is 181 Å². The third kappa shape index (κ3) is 5.05. The normalized spacial score (nSPS) is 12.0. The molecular weight excluding hydrogens is 388 g/mol. The van der Waals surface area contributed by atoms with Crippen LogP contribution in [0.3, 0.4) is 0 Å². The molecule has 2 aromatic carbocycles. The smallest absolute Gasteiger partial charge is 0.220 e. The number of thioether (sulfide) groups is 1. The molecule has 30 heavy (non-hydrogen) atoms. The molecule has 0 fully saturated rings. The summed E-state index contributed by atoms with van der Waals surface area (Å²) in [4.78, 5) is 8.89. The van der Waals surface area contributed by atoms with Gasteiger partial charge in [0.1, 0.15) is 0 Å². The second-order valence-electron chi connectivity index (χ2n) is 7.25. The zero-order valence-electron chi connectivity index (χ0n) is 17.1. The van der Waals surface area contributed by atoms with E-state index in [0.717, 1.165) is 22.2 Å². The van der Waals surface area contributed by atoms with E-state index in [1.165, 1.54) is 11.1 Å². The fourth-order valence-corrected chi connectivity index (χ4v) is 3.65. The van der Waals surface area contributed by atoms with Crippen LogP contribution in [0.1, 0.15) is 42.1 Å². The highest BCUT2D eigenvalue weighted by Gasteiger charge is 2.07. The summed E-state index contributed by atoms with van der Waals surface area (Å²) in [6.45, 7) is 4.41. The van der Waals surface area contributed by atoms with Crippen LogP contribution in [0.5, 0.6) is 0 Å². The average molecular weight is 413 g/mol. The minimum absolute atomic E-state index is 0.538. The summed E-state index contributed by atoms with van der Waals surface area (Å²) >= 11 is 1.60. The van der Waals surface area contributed by atoms with E-state index in [2.05, 4.69) is 89.6 Å². The van der Waals surface area contributed by atoms with E-state index in [1.807, 2.05) is 24.3 Å². The molecule has 2 heterocycles. The van der Waals surface area contributed by atoms with Crippen molar-refractivity contribution in [3.8, 4) is 0 Å². The number of hydrogen-bond acceptors (Lipinski definition) is 4. The van der Waals surface area contributed by atoms with E-state index in [9.17, 15) is 0 Å². The van der Waals surface area contributed by atoms with Gasteiger partial charge in [-0.05, 0) is 34.8 Å². The minimum Gasteiger partial charge on any atom is -0.220 e. The van der Waals surface area contributed by atoms with Crippen molar-refractivity contribution >= 4 is 35.8 Å². The van der Waals surface area contributed by atoms with Crippen molar-refractivity contribution in [1.82, 2.24) is 19.6 Å². The van der Waals surface area contributed by atoms with E-state index < -0.39 is 0 Å². The van der Waals surface area contributed by atoms with Gasteiger partial charge in [-0.2, -0.15) is 9.50 Å². The molecule has 0 aliphatic rings. The second kappa shape index (κ2) is 9.55. The predicted octanol–water partition coefficient (Wildman–Crippen LogP) is 6.22.